The number of ether oxygens (including phenoxy) is 1. The molecule has 1 aromatic rings. The number of benzene rings is 1. The minimum absolute atomic E-state index is 0. The standard InChI is InChI=1S/C19H28N2O2.ClH/c1-12-5-3-6-13(2)19(12)23-11-17(22)21-18-14-7-4-8-15(18)10-16(20)9-14;/h3,5-6,14-16,18H,4,7-11,20H2,1-2H3,(H,21,22);1H. The number of rotatable bonds is 4. The molecule has 2 fully saturated rings. The summed E-state index contributed by atoms with van der Waals surface area (Å²) in [6.45, 7) is 4.11. The van der Waals surface area contributed by atoms with Gasteiger partial charge in [0.1, 0.15) is 5.75 Å². The van der Waals surface area contributed by atoms with E-state index in [1.165, 1.54) is 19.3 Å². The van der Waals surface area contributed by atoms with Gasteiger partial charge in [-0.05, 0) is 62.5 Å². The van der Waals surface area contributed by atoms with Gasteiger partial charge in [-0.1, -0.05) is 24.6 Å². The van der Waals surface area contributed by atoms with Gasteiger partial charge in [-0.15, -0.1) is 12.4 Å². The molecule has 5 heteroatoms. The van der Waals surface area contributed by atoms with E-state index in [1.807, 2.05) is 32.0 Å². The first-order valence-corrected chi connectivity index (χ1v) is 8.78. The number of para-hydroxylation sites is 1. The van der Waals surface area contributed by atoms with E-state index < -0.39 is 0 Å². The molecule has 2 aliphatic carbocycles. The third-order valence-electron chi connectivity index (χ3n) is 5.46. The maximum Gasteiger partial charge on any atom is 0.258 e. The number of nitrogens with two attached hydrogens (primary N) is 1. The van der Waals surface area contributed by atoms with E-state index in [1.54, 1.807) is 0 Å². The Hall–Kier alpha value is -1.26. The van der Waals surface area contributed by atoms with Crippen LogP contribution in [0.4, 0.5) is 0 Å². The van der Waals surface area contributed by atoms with E-state index in [9.17, 15) is 4.79 Å². The van der Waals surface area contributed by atoms with Gasteiger partial charge in [0, 0.05) is 12.1 Å². The fraction of sp³-hybridized carbons (Fsp3) is 0.632. The fourth-order valence-corrected chi connectivity index (χ4v) is 4.42. The quantitative estimate of drug-likeness (QED) is 0.875. The lowest BCUT2D eigenvalue weighted by molar-refractivity contribution is -0.125. The van der Waals surface area contributed by atoms with Gasteiger partial charge in [0.2, 0.25) is 0 Å². The summed E-state index contributed by atoms with van der Waals surface area (Å²) in [7, 11) is 0. The molecule has 2 saturated carbocycles. The van der Waals surface area contributed by atoms with E-state index in [-0.39, 0.29) is 31.0 Å². The van der Waals surface area contributed by atoms with Gasteiger partial charge in [0.25, 0.3) is 5.91 Å². The molecule has 4 nitrogen and oxygen atoms in total. The molecule has 1 aromatic carbocycles. The zero-order chi connectivity index (χ0) is 16.4. The second-order valence-electron chi connectivity index (χ2n) is 7.29. The Morgan fingerprint density at radius 3 is 2.38 bits per heavy atom. The maximum atomic E-state index is 12.4. The number of hydrogen-bond donors (Lipinski definition) is 2. The molecule has 1 amide bonds. The maximum absolute atomic E-state index is 12.4. The predicted molar refractivity (Wildman–Crippen MR) is 98.6 cm³/mol. The molecule has 2 atom stereocenters. The van der Waals surface area contributed by atoms with Crippen LogP contribution in [-0.4, -0.2) is 24.6 Å². The van der Waals surface area contributed by atoms with E-state index in [4.69, 9.17) is 10.5 Å². The van der Waals surface area contributed by atoms with Crippen molar-refractivity contribution in [1.29, 1.82) is 0 Å². The molecule has 0 spiro atoms. The molecule has 0 heterocycles. The van der Waals surface area contributed by atoms with Crippen LogP contribution in [0.5, 0.6) is 5.75 Å². The van der Waals surface area contributed by atoms with Crippen LogP contribution in [0.3, 0.4) is 0 Å². The molecule has 134 valence electrons. The average Bonchev–Trinajstić information content (AvgIpc) is 2.47. The minimum Gasteiger partial charge on any atom is -0.483 e. The lowest BCUT2D eigenvalue weighted by Gasteiger charge is -2.45. The predicted octanol–water partition coefficient (Wildman–Crippen LogP) is 3.13. The Kier molecular flexibility index (Phi) is 6.53. The number of nitrogens with one attached hydrogen (secondary N) is 1. The second-order valence-corrected chi connectivity index (χ2v) is 7.29. The fourth-order valence-electron chi connectivity index (χ4n) is 4.42. The van der Waals surface area contributed by atoms with Crippen molar-refractivity contribution < 1.29 is 9.53 Å². The second kappa shape index (κ2) is 8.21. The van der Waals surface area contributed by atoms with Crippen LogP contribution >= 0.6 is 12.4 Å². The number of carbonyl (C=O) groups is 1. The van der Waals surface area contributed by atoms with E-state index in [0.717, 1.165) is 29.7 Å². The number of carbonyl (C=O) groups excluding carboxylic acids is 1. The van der Waals surface area contributed by atoms with Crippen LogP contribution in [0.25, 0.3) is 0 Å². The third-order valence-corrected chi connectivity index (χ3v) is 5.46. The van der Waals surface area contributed by atoms with Crippen LogP contribution in [0.15, 0.2) is 18.2 Å². The zero-order valence-electron chi connectivity index (χ0n) is 14.6. The molecule has 3 N–H and O–H groups in total. The average molecular weight is 353 g/mol. The SMILES string of the molecule is Cc1cccc(C)c1OCC(=O)NC1C2CCCC1CC(N)C2.Cl. The highest BCUT2D eigenvalue weighted by atomic mass is 35.5. The Labute approximate surface area is 150 Å². The van der Waals surface area contributed by atoms with Gasteiger partial charge in [-0.2, -0.15) is 0 Å². The van der Waals surface area contributed by atoms with Crippen molar-refractivity contribution in [3.8, 4) is 5.75 Å². The van der Waals surface area contributed by atoms with Crippen LogP contribution in [-0.2, 0) is 4.79 Å². The summed E-state index contributed by atoms with van der Waals surface area (Å²) in [5.41, 5.74) is 8.28. The van der Waals surface area contributed by atoms with Crippen molar-refractivity contribution in [2.45, 2.75) is 58.0 Å². The van der Waals surface area contributed by atoms with Gasteiger partial charge in [-0.3, -0.25) is 4.79 Å². The Bertz CT molecular complexity index is 544. The lowest BCUT2D eigenvalue weighted by Crippen LogP contribution is -2.54. The van der Waals surface area contributed by atoms with E-state index in [0.29, 0.717) is 17.9 Å². The van der Waals surface area contributed by atoms with Crippen molar-refractivity contribution >= 4 is 18.3 Å². The summed E-state index contributed by atoms with van der Waals surface area (Å²) in [6, 6.07) is 6.62. The molecule has 2 unspecified atom stereocenters. The number of hydrogen-bond acceptors (Lipinski definition) is 3. The minimum atomic E-state index is -0.00924. The van der Waals surface area contributed by atoms with Crippen LogP contribution in [0, 0.1) is 25.7 Å². The molecule has 24 heavy (non-hydrogen) atoms. The Morgan fingerprint density at radius 2 is 1.79 bits per heavy atom. The third kappa shape index (κ3) is 4.22. The van der Waals surface area contributed by atoms with Crippen molar-refractivity contribution in [1.82, 2.24) is 5.32 Å². The highest BCUT2D eigenvalue weighted by molar-refractivity contribution is 5.85. The molecule has 2 bridgehead atoms. The molecule has 0 radical (unpaired) electrons. The molecular weight excluding hydrogens is 324 g/mol. The van der Waals surface area contributed by atoms with Crippen molar-refractivity contribution in [2.24, 2.45) is 17.6 Å². The first kappa shape index (κ1) is 19.1. The number of halogens is 1. The molecule has 3 rings (SSSR count). The van der Waals surface area contributed by atoms with E-state index in [2.05, 4.69) is 5.32 Å². The van der Waals surface area contributed by atoms with Gasteiger partial charge < -0.3 is 15.8 Å². The summed E-state index contributed by atoms with van der Waals surface area (Å²) in [5.74, 6) is 1.90. The first-order valence-electron chi connectivity index (χ1n) is 8.78. The van der Waals surface area contributed by atoms with Gasteiger partial charge in [-0.25, -0.2) is 0 Å². The van der Waals surface area contributed by atoms with Gasteiger partial charge in [0.05, 0.1) is 0 Å². The summed E-state index contributed by atoms with van der Waals surface area (Å²) < 4.78 is 5.78. The summed E-state index contributed by atoms with van der Waals surface area (Å²) in [6.07, 6.45) is 5.73. The highest BCUT2D eigenvalue weighted by Crippen LogP contribution is 2.39. The Morgan fingerprint density at radius 1 is 1.21 bits per heavy atom. The summed E-state index contributed by atoms with van der Waals surface area (Å²) >= 11 is 0. The molecule has 2 aliphatic rings. The lowest BCUT2D eigenvalue weighted by atomic mass is 9.67. The smallest absolute Gasteiger partial charge is 0.258 e. The van der Waals surface area contributed by atoms with Crippen LogP contribution in [0.1, 0.15) is 43.2 Å². The number of fused-ring (bicyclic) bond motifs is 2. The van der Waals surface area contributed by atoms with Gasteiger partial charge >= 0.3 is 0 Å². The highest BCUT2D eigenvalue weighted by Gasteiger charge is 2.39. The van der Waals surface area contributed by atoms with E-state index >= 15 is 0 Å². The van der Waals surface area contributed by atoms with Gasteiger partial charge in [0.15, 0.2) is 6.61 Å². The molecule has 0 aromatic heterocycles. The zero-order valence-corrected chi connectivity index (χ0v) is 15.4. The Balaban J connectivity index is 0.00000208. The first-order chi connectivity index (χ1) is 11.0. The normalized spacial score (nSPS) is 28.6. The van der Waals surface area contributed by atoms with Crippen LogP contribution in [0.2, 0.25) is 0 Å². The topological polar surface area (TPSA) is 64.3 Å². The van der Waals surface area contributed by atoms with Crippen molar-refractivity contribution in [3.05, 3.63) is 29.3 Å². The number of amides is 1. The monoisotopic (exact) mass is 352 g/mol. The van der Waals surface area contributed by atoms with Crippen molar-refractivity contribution in [3.63, 3.8) is 0 Å². The number of aryl methyl sites for hydroxylation is 2. The summed E-state index contributed by atoms with van der Waals surface area (Å²) in [4.78, 5) is 12.4. The largest absolute Gasteiger partial charge is 0.483 e. The van der Waals surface area contributed by atoms with Crippen LogP contribution < -0.4 is 15.8 Å². The van der Waals surface area contributed by atoms with Crippen molar-refractivity contribution in [2.75, 3.05) is 6.61 Å². The molecular formula is C19H29ClN2O2. The molecule has 0 aliphatic heterocycles. The molecule has 0 saturated heterocycles. The summed E-state index contributed by atoms with van der Waals surface area (Å²) in [5, 5.41) is 3.23.